The Kier molecular flexibility index (Phi) is 5.25. The topological polar surface area (TPSA) is 55.4 Å². The second-order valence-corrected chi connectivity index (χ2v) is 3.99. The summed E-state index contributed by atoms with van der Waals surface area (Å²) in [7, 11) is 1.29. The number of halogens is 2. The summed E-state index contributed by atoms with van der Waals surface area (Å²) < 4.78 is 4.44. The number of rotatable bonds is 4. The van der Waals surface area contributed by atoms with Gasteiger partial charge in [-0.05, 0) is 12.1 Å². The zero-order chi connectivity index (χ0) is 12.8. The van der Waals surface area contributed by atoms with Gasteiger partial charge >= 0.3 is 5.97 Å². The van der Waals surface area contributed by atoms with Crippen molar-refractivity contribution in [2.75, 3.05) is 13.7 Å². The Morgan fingerprint density at radius 3 is 2.41 bits per heavy atom. The standard InChI is InChI=1S/C11H11Cl2NO3/c1-17-9(15)5-6-14-11(16)10-7(12)3-2-4-8(10)13/h2-4H,5-6H2,1H3,(H,14,16). The predicted octanol–water partition coefficient (Wildman–Crippen LogP) is 2.29. The van der Waals surface area contributed by atoms with Crippen LogP contribution in [0.1, 0.15) is 16.8 Å². The van der Waals surface area contributed by atoms with Crippen LogP contribution in [0.4, 0.5) is 0 Å². The molecule has 17 heavy (non-hydrogen) atoms. The third kappa shape index (κ3) is 3.91. The zero-order valence-electron chi connectivity index (χ0n) is 9.13. The zero-order valence-corrected chi connectivity index (χ0v) is 10.6. The number of hydrogen-bond acceptors (Lipinski definition) is 3. The first-order chi connectivity index (χ1) is 8.06. The number of hydrogen-bond donors (Lipinski definition) is 1. The number of esters is 1. The van der Waals surface area contributed by atoms with Crippen LogP contribution in [-0.2, 0) is 9.53 Å². The molecule has 0 spiro atoms. The lowest BCUT2D eigenvalue weighted by Crippen LogP contribution is -2.26. The lowest BCUT2D eigenvalue weighted by molar-refractivity contribution is -0.140. The van der Waals surface area contributed by atoms with Crippen LogP contribution >= 0.6 is 23.2 Å². The van der Waals surface area contributed by atoms with E-state index in [4.69, 9.17) is 23.2 Å². The van der Waals surface area contributed by atoms with Crippen molar-refractivity contribution in [2.24, 2.45) is 0 Å². The lowest BCUT2D eigenvalue weighted by atomic mass is 10.2. The largest absolute Gasteiger partial charge is 0.469 e. The number of carbonyl (C=O) groups is 2. The van der Waals surface area contributed by atoms with E-state index < -0.39 is 11.9 Å². The Morgan fingerprint density at radius 2 is 1.88 bits per heavy atom. The van der Waals surface area contributed by atoms with Crippen LogP contribution in [0.2, 0.25) is 10.0 Å². The van der Waals surface area contributed by atoms with E-state index in [1.807, 2.05) is 0 Å². The number of nitrogens with one attached hydrogen (secondary N) is 1. The third-order valence-electron chi connectivity index (χ3n) is 2.03. The molecule has 0 unspecified atom stereocenters. The first-order valence-electron chi connectivity index (χ1n) is 4.85. The average molecular weight is 276 g/mol. The number of amides is 1. The molecule has 0 aliphatic heterocycles. The SMILES string of the molecule is COC(=O)CCNC(=O)c1c(Cl)cccc1Cl. The van der Waals surface area contributed by atoms with E-state index in [9.17, 15) is 9.59 Å². The molecule has 1 aromatic carbocycles. The number of ether oxygens (including phenoxy) is 1. The lowest BCUT2D eigenvalue weighted by Gasteiger charge is -2.07. The predicted molar refractivity (Wildman–Crippen MR) is 65.4 cm³/mol. The highest BCUT2D eigenvalue weighted by atomic mass is 35.5. The van der Waals surface area contributed by atoms with Gasteiger partial charge < -0.3 is 10.1 Å². The number of benzene rings is 1. The Morgan fingerprint density at radius 1 is 1.29 bits per heavy atom. The molecule has 0 heterocycles. The molecule has 1 aromatic rings. The summed E-state index contributed by atoms with van der Waals surface area (Å²) in [4.78, 5) is 22.6. The third-order valence-corrected chi connectivity index (χ3v) is 2.66. The molecule has 92 valence electrons. The fraction of sp³-hybridized carbons (Fsp3) is 0.273. The molecule has 0 aliphatic rings. The molecule has 1 amide bonds. The Hall–Kier alpha value is -1.26. The van der Waals surface area contributed by atoms with Crippen molar-refractivity contribution < 1.29 is 14.3 Å². The summed E-state index contributed by atoms with van der Waals surface area (Å²) >= 11 is 11.7. The van der Waals surface area contributed by atoms with E-state index in [-0.39, 0.29) is 28.6 Å². The first kappa shape index (κ1) is 13.8. The molecule has 0 saturated heterocycles. The minimum atomic E-state index is -0.412. The van der Waals surface area contributed by atoms with Crippen LogP contribution in [0, 0.1) is 0 Å². The van der Waals surface area contributed by atoms with Gasteiger partial charge in [0.15, 0.2) is 0 Å². The fourth-order valence-electron chi connectivity index (χ4n) is 1.18. The van der Waals surface area contributed by atoms with Crippen molar-refractivity contribution in [3.8, 4) is 0 Å². The summed E-state index contributed by atoms with van der Waals surface area (Å²) in [5.41, 5.74) is 0.209. The summed E-state index contributed by atoms with van der Waals surface area (Å²) in [5, 5.41) is 3.08. The smallest absolute Gasteiger partial charge is 0.307 e. The van der Waals surface area contributed by atoms with E-state index in [1.165, 1.54) is 7.11 Å². The van der Waals surface area contributed by atoms with Crippen molar-refractivity contribution in [3.63, 3.8) is 0 Å². The highest BCUT2D eigenvalue weighted by Crippen LogP contribution is 2.23. The summed E-state index contributed by atoms with van der Waals surface area (Å²) in [6.45, 7) is 0.174. The van der Waals surface area contributed by atoms with Gasteiger partial charge in [-0.2, -0.15) is 0 Å². The van der Waals surface area contributed by atoms with Crippen LogP contribution in [0.3, 0.4) is 0 Å². The van der Waals surface area contributed by atoms with Gasteiger partial charge in [0, 0.05) is 6.54 Å². The summed E-state index contributed by atoms with van der Waals surface area (Å²) in [6, 6.07) is 4.79. The van der Waals surface area contributed by atoms with Gasteiger partial charge in [0.2, 0.25) is 0 Å². The van der Waals surface area contributed by atoms with Gasteiger partial charge in [-0.3, -0.25) is 9.59 Å². The van der Waals surface area contributed by atoms with E-state index in [1.54, 1.807) is 18.2 Å². The van der Waals surface area contributed by atoms with Crippen LogP contribution in [0.25, 0.3) is 0 Å². The molecule has 0 atom stereocenters. The van der Waals surface area contributed by atoms with Crippen LogP contribution in [0.5, 0.6) is 0 Å². The van der Waals surface area contributed by atoms with E-state index >= 15 is 0 Å². The van der Waals surface area contributed by atoms with Crippen molar-refractivity contribution in [1.29, 1.82) is 0 Å². The maximum atomic E-state index is 11.7. The van der Waals surface area contributed by atoms with Gasteiger partial charge in [-0.25, -0.2) is 0 Å². The minimum absolute atomic E-state index is 0.101. The fourth-order valence-corrected chi connectivity index (χ4v) is 1.75. The Balaban J connectivity index is 2.61. The molecule has 1 rings (SSSR count). The van der Waals surface area contributed by atoms with E-state index in [0.29, 0.717) is 0 Å². The Bertz CT molecular complexity index is 414. The molecule has 0 aromatic heterocycles. The van der Waals surface area contributed by atoms with E-state index in [0.717, 1.165) is 0 Å². The Labute approximate surface area is 109 Å². The molecule has 0 radical (unpaired) electrons. The minimum Gasteiger partial charge on any atom is -0.469 e. The molecule has 0 fully saturated rings. The normalized spacial score (nSPS) is 9.82. The van der Waals surface area contributed by atoms with Crippen molar-refractivity contribution in [2.45, 2.75) is 6.42 Å². The van der Waals surface area contributed by atoms with E-state index in [2.05, 4.69) is 10.1 Å². The molecule has 1 N–H and O–H groups in total. The van der Waals surface area contributed by atoms with Crippen LogP contribution in [0.15, 0.2) is 18.2 Å². The first-order valence-corrected chi connectivity index (χ1v) is 5.61. The maximum Gasteiger partial charge on any atom is 0.307 e. The highest BCUT2D eigenvalue weighted by Gasteiger charge is 2.14. The molecule has 0 saturated carbocycles. The highest BCUT2D eigenvalue weighted by molar-refractivity contribution is 6.39. The molecule has 4 nitrogen and oxygen atoms in total. The van der Waals surface area contributed by atoms with Gasteiger partial charge in [0.25, 0.3) is 5.91 Å². The average Bonchev–Trinajstić information content (AvgIpc) is 2.28. The van der Waals surface area contributed by atoms with Gasteiger partial charge in [-0.1, -0.05) is 29.3 Å². The van der Waals surface area contributed by atoms with Crippen LogP contribution < -0.4 is 5.32 Å². The monoisotopic (exact) mass is 275 g/mol. The van der Waals surface area contributed by atoms with Gasteiger partial charge in [0.1, 0.15) is 0 Å². The van der Waals surface area contributed by atoms with Crippen molar-refractivity contribution >= 4 is 35.1 Å². The summed E-state index contributed by atoms with van der Waals surface area (Å²) in [5.74, 6) is -0.806. The molecule has 6 heteroatoms. The molecule has 0 aliphatic carbocycles. The number of carbonyl (C=O) groups excluding carboxylic acids is 2. The molecular weight excluding hydrogens is 265 g/mol. The van der Waals surface area contributed by atoms with Crippen LogP contribution in [-0.4, -0.2) is 25.5 Å². The van der Waals surface area contributed by atoms with Crippen molar-refractivity contribution in [3.05, 3.63) is 33.8 Å². The second-order valence-electron chi connectivity index (χ2n) is 3.18. The van der Waals surface area contributed by atoms with Gasteiger partial charge in [-0.15, -0.1) is 0 Å². The quantitative estimate of drug-likeness (QED) is 0.858. The molecular formula is C11H11Cl2NO3. The molecule has 0 bridgehead atoms. The van der Waals surface area contributed by atoms with Gasteiger partial charge in [0.05, 0.1) is 29.1 Å². The second kappa shape index (κ2) is 6.47. The number of methoxy groups -OCH3 is 1. The maximum absolute atomic E-state index is 11.7. The van der Waals surface area contributed by atoms with Crippen molar-refractivity contribution in [1.82, 2.24) is 5.32 Å². The summed E-state index contributed by atoms with van der Waals surface area (Å²) in [6.07, 6.45) is 0.101.